The summed E-state index contributed by atoms with van der Waals surface area (Å²) >= 11 is 0. The first-order valence-electron chi connectivity index (χ1n) is 7.54. The van der Waals surface area contributed by atoms with Crippen LogP contribution in [0.1, 0.15) is 30.6 Å². The van der Waals surface area contributed by atoms with Gasteiger partial charge in [0, 0.05) is 19.6 Å². The number of rotatable bonds is 6. The fraction of sp³-hybridized carbons (Fsp3) is 0.600. The third-order valence-corrected chi connectivity index (χ3v) is 3.81. The number of anilines is 1. The Hall–Kier alpha value is -1.69. The van der Waals surface area contributed by atoms with Crippen molar-refractivity contribution >= 4 is 11.7 Å². The van der Waals surface area contributed by atoms with E-state index in [-0.39, 0.29) is 11.5 Å². The fourth-order valence-electron chi connectivity index (χ4n) is 2.62. The van der Waals surface area contributed by atoms with Crippen LogP contribution in [0.2, 0.25) is 0 Å². The number of aromatic nitrogens is 1. The summed E-state index contributed by atoms with van der Waals surface area (Å²) in [4.78, 5) is 18.5. The van der Waals surface area contributed by atoms with Crippen LogP contribution in [0.3, 0.4) is 0 Å². The summed E-state index contributed by atoms with van der Waals surface area (Å²) in [7, 11) is 0. The quantitative estimate of drug-likeness (QED) is 0.839. The highest BCUT2D eigenvalue weighted by molar-refractivity contribution is 5.98. The molecule has 1 saturated heterocycles. The van der Waals surface area contributed by atoms with E-state index in [4.69, 9.17) is 0 Å². The molecule has 1 aromatic heterocycles. The molecule has 0 aromatic carbocycles. The molecule has 0 bridgehead atoms. The summed E-state index contributed by atoms with van der Waals surface area (Å²) in [5.74, 6) is 0.128. The van der Waals surface area contributed by atoms with Gasteiger partial charge < -0.3 is 15.5 Å². The molecule has 1 aliphatic heterocycles. The van der Waals surface area contributed by atoms with Crippen LogP contribution in [-0.4, -0.2) is 48.5 Å². The van der Waals surface area contributed by atoms with E-state index in [9.17, 15) is 9.18 Å². The molecule has 1 fully saturated rings. The number of nitrogens with one attached hydrogen (secondary N) is 2. The Bertz CT molecular complexity index is 495. The number of pyridine rings is 1. The van der Waals surface area contributed by atoms with Crippen LogP contribution in [0.25, 0.3) is 0 Å². The van der Waals surface area contributed by atoms with Gasteiger partial charge in [0.15, 0.2) is 0 Å². The van der Waals surface area contributed by atoms with Gasteiger partial charge in [-0.1, -0.05) is 6.92 Å². The number of amides is 1. The van der Waals surface area contributed by atoms with E-state index in [2.05, 4.69) is 27.4 Å². The molecule has 0 saturated carbocycles. The molecular weight excluding hydrogens is 271 g/mol. The molecule has 1 amide bonds. The lowest BCUT2D eigenvalue weighted by atomic mass is 10.1. The Morgan fingerprint density at radius 1 is 1.52 bits per heavy atom. The van der Waals surface area contributed by atoms with E-state index in [0.717, 1.165) is 32.3 Å². The van der Waals surface area contributed by atoms with Gasteiger partial charge in [-0.05, 0) is 38.4 Å². The number of carbonyl (C=O) groups is 1. The lowest BCUT2D eigenvalue weighted by Crippen LogP contribution is -2.31. The van der Waals surface area contributed by atoms with Crippen molar-refractivity contribution in [2.75, 3.05) is 38.0 Å². The number of nitrogens with zero attached hydrogens (tertiary/aromatic N) is 2. The molecule has 5 nitrogen and oxygen atoms in total. The Morgan fingerprint density at radius 3 is 3.00 bits per heavy atom. The zero-order valence-electron chi connectivity index (χ0n) is 12.7. The molecule has 2 N–H and O–H groups in total. The van der Waals surface area contributed by atoms with Crippen LogP contribution in [-0.2, 0) is 0 Å². The Morgan fingerprint density at radius 2 is 2.33 bits per heavy atom. The van der Waals surface area contributed by atoms with Crippen molar-refractivity contribution in [3.8, 4) is 0 Å². The molecule has 116 valence electrons. The second-order valence-corrected chi connectivity index (χ2v) is 5.34. The summed E-state index contributed by atoms with van der Waals surface area (Å²) < 4.78 is 13.3. The van der Waals surface area contributed by atoms with Gasteiger partial charge in [0.05, 0.1) is 11.8 Å². The van der Waals surface area contributed by atoms with Crippen molar-refractivity contribution in [3.05, 3.63) is 23.6 Å². The number of halogens is 1. The standard InChI is InChI=1S/C15H23FN4O/c1-3-17-14-13(7-12(16)9-18-14)15(21)19-8-11-5-6-20(4-2)10-11/h7,9,11H,3-6,8,10H2,1-2H3,(H,17,18)(H,19,21). The molecule has 6 heteroatoms. The first-order chi connectivity index (χ1) is 10.1. The maximum Gasteiger partial charge on any atom is 0.255 e. The highest BCUT2D eigenvalue weighted by Crippen LogP contribution is 2.16. The normalized spacial score (nSPS) is 18.7. The van der Waals surface area contributed by atoms with E-state index >= 15 is 0 Å². The van der Waals surface area contributed by atoms with Crippen LogP contribution in [0.15, 0.2) is 12.3 Å². The molecule has 0 radical (unpaired) electrons. The van der Waals surface area contributed by atoms with E-state index in [0.29, 0.717) is 24.8 Å². The van der Waals surface area contributed by atoms with Gasteiger partial charge in [-0.15, -0.1) is 0 Å². The van der Waals surface area contributed by atoms with Gasteiger partial charge in [-0.2, -0.15) is 0 Å². The van der Waals surface area contributed by atoms with Crippen LogP contribution in [0.5, 0.6) is 0 Å². The molecule has 1 aliphatic rings. The van der Waals surface area contributed by atoms with Crippen LogP contribution in [0.4, 0.5) is 10.2 Å². The zero-order valence-corrected chi connectivity index (χ0v) is 12.7. The van der Waals surface area contributed by atoms with Crippen molar-refractivity contribution in [1.82, 2.24) is 15.2 Å². The number of carbonyl (C=O) groups excluding carboxylic acids is 1. The number of likely N-dealkylation sites (tertiary alicyclic amines) is 1. The highest BCUT2D eigenvalue weighted by atomic mass is 19.1. The first kappa shape index (κ1) is 15.7. The minimum absolute atomic E-state index is 0.266. The Kier molecular flexibility index (Phi) is 5.50. The smallest absolute Gasteiger partial charge is 0.255 e. The topological polar surface area (TPSA) is 57.3 Å². The van der Waals surface area contributed by atoms with Gasteiger partial charge in [-0.25, -0.2) is 9.37 Å². The average Bonchev–Trinajstić information content (AvgIpc) is 2.95. The summed E-state index contributed by atoms with van der Waals surface area (Å²) in [5, 5.41) is 5.88. The van der Waals surface area contributed by atoms with Crippen molar-refractivity contribution in [2.45, 2.75) is 20.3 Å². The minimum Gasteiger partial charge on any atom is -0.370 e. The first-order valence-corrected chi connectivity index (χ1v) is 7.54. The molecule has 2 heterocycles. The van der Waals surface area contributed by atoms with Crippen molar-refractivity contribution < 1.29 is 9.18 Å². The lowest BCUT2D eigenvalue weighted by molar-refractivity contribution is 0.0947. The summed E-state index contributed by atoms with van der Waals surface area (Å²) in [6, 6.07) is 1.23. The van der Waals surface area contributed by atoms with E-state index in [1.165, 1.54) is 6.07 Å². The highest BCUT2D eigenvalue weighted by Gasteiger charge is 2.22. The van der Waals surface area contributed by atoms with Crippen LogP contribution in [0, 0.1) is 11.7 Å². The van der Waals surface area contributed by atoms with Gasteiger partial charge in [0.2, 0.25) is 0 Å². The van der Waals surface area contributed by atoms with Crippen molar-refractivity contribution in [1.29, 1.82) is 0 Å². The molecule has 2 rings (SSSR count). The summed E-state index contributed by atoms with van der Waals surface area (Å²) in [6.45, 7) is 8.44. The van der Waals surface area contributed by atoms with Gasteiger partial charge in [-0.3, -0.25) is 4.79 Å². The van der Waals surface area contributed by atoms with Crippen molar-refractivity contribution in [2.24, 2.45) is 5.92 Å². The van der Waals surface area contributed by atoms with Crippen LogP contribution >= 0.6 is 0 Å². The van der Waals surface area contributed by atoms with E-state index < -0.39 is 5.82 Å². The van der Waals surface area contributed by atoms with Gasteiger partial charge in [0.25, 0.3) is 5.91 Å². The molecule has 21 heavy (non-hydrogen) atoms. The largest absolute Gasteiger partial charge is 0.370 e. The predicted molar refractivity (Wildman–Crippen MR) is 80.9 cm³/mol. The molecule has 0 aliphatic carbocycles. The zero-order chi connectivity index (χ0) is 15.2. The second-order valence-electron chi connectivity index (χ2n) is 5.34. The minimum atomic E-state index is -0.500. The van der Waals surface area contributed by atoms with Crippen molar-refractivity contribution in [3.63, 3.8) is 0 Å². The molecule has 1 unspecified atom stereocenters. The monoisotopic (exact) mass is 294 g/mol. The van der Waals surface area contributed by atoms with Gasteiger partial charge >= 0.3 is 0 Å². The third-order valence-electron chi connectivity index (χ3n) is 3.81. The predicted octanol–water partition coefficient (Wildman–Crippen LogP) is 1.72. The second kappa shape index (κ2) is 7.36. The number of hydrogen-bond acceptors (Lipinski definition) is 4. The maximum absolute atomic E-state index is 13.3. The molecule has 1 atom stereocenters. The molecule has 1 aromatic rings. The molecule has 0 spiro atoms. The Balaban J connectivity index is 1.95. The SMILES string of the molecule is CCNc1ncc(F)cc1C(=O)NCC1CCN(CC)C1. The number of hydrogen-bond donors (Lipinski definition) is 2. The van der Waals surface area contributed by atoms with E-state index in [1.807, 2.05) is 6.92 Å². The summed E-state index contributed by atoms with van der Waals surface area (Å²) in [6.07, 6.45) is 2.21. The summed E-state index contributed by atoms with van der Waals surface area (Å²) in [5.41, 5.74) is 0.266. The van der Waals surface area contributed by atoms with Gasteiger partial charge in [0.1, 0.15) is 11.6 Å². The average molecular weight is 294 g/mol. The Labute approximate surface area is 124 Å². The molecular formula is C15H23FN4O. The van der Waals surface area contributed by atoms with E-state index in [1.54, 1.807) is 0 Å². The lowest BCUT2D eigenvalue weighted by Gasteiger charge is -2.14. The third kappa shape index (κ3) is 4.14. The van der Waals surface area contributed by atoms with Crippen LogP contribution < -0.4 is 10.6 Å². The fourth-order valence-corrected chi connectivity index (χ4v) is 2.62. The maximum atomic E-state index is 13.3.